The molecule has 1 amide bonds. The number of carboxylic acids is 1. The smallest absolute Gasteiger partial charge is 0.404 e. The zero-order valence-corrected chi connectivity index (χ0v) is 5.29. The lowest BCUT2D eigenvalue weighted by atomic mass is 10.3. The van der Waals surface area contributed by atoms with Crippen molar-refractivity contribution < 1.29 is 19.8 Å². The summed E-state index contributed by atoms with van der Waals surface area (Å²) >= 11 is 0. The first-order valence-electron chi connectivity index (χ1n) is 2.79. The minimum atomic E-state index is -1.16. The summed E-state index contributed by atoms with van der Waals surface area (Å²) in [6.45, 7) is 0.156. The van der Waals surface area contributed by atoms with E-state index in [1.807, 2.05) is 5.32 Å². The molecule has 0 rings (SSSR count). The number of hydrogen-bond donors (Lipinski definition) is 2. The maximum absolute atomic E-state index is 9.77. The first-order chi connectivity index (χ1) is 4.63. The number of rotatable bonds is 4. The summed E-state index contributed by atoms with van der Waals surface area (Å²) in [6, 6.07) is 0. The number of carboxylic acid groups (broad SMARTS) is 2. The van der Waals surface area contributed by atoms with Gasteiger partial charge in [-0.2, -0.15) is 0 Å². The molecule has 0 bridgehead atoms. The lowest BCUT2D eigenvalue weighted by Crippen LogP contribution is -2.26. The van der Waals surface area contributed by atoms with Gasteiger partial charge in [0.05, 0.1) is 0 Å². The van der Waals surface area contributed by atoms with Crippen LogP contribution in [0, 0.1) is 0 Å². The standard InChI is InChI=1S/C5H9NO4/c7-4(8)2-1-3-6-5(9)10/h6H,1-3H2,(H,7,8)(H,9,10)/p-1. The van der Waals surface area contributed by atoms with Gasteiger partial charge >= 0.3 is 6.09 Å². The Labute approximate surface area is 57.7 Å². The van der Waals surface area contributed by atoms with Crippen molar-refractivity contribution in [3.8, 4) is 0 Å². The first-order valence-corrected chi connectivity index (χ1v) is 2.79. The Bertz CT molecular complexity index is 118. The van der Waals surface area contributed by atoms with E-state index in [1.165, 1.54) is 0 Å². The summed E-state index contributed by atoms with van der Waals surface area (Å²) in [5.41, 5.74) is 0. The number of aliphatic carboxylic acids is 1. The van der Waals surface area contributed by atoms with Crippen LogP contribution in [0.3, 0.4) is 0 Å². The van der Waals surface area contributed by atoms with Gasteiger partial charge in [-0.25, -0.2) is 4.79 Å². The highest BCUT2D eigenvalue weighted by atomic mass is 16.4. The Morgan fingerprint density at radius 2 is 2.10 bits per heavy atom. The molecule has 58 valence electrons. The van der Waals surface area contributed by atoms with E-state index in [1.54, 1.807) is 0 Å². The summed E-state index contributed by atoms with van der Waals surface area (Å²) in [6.07, 6.45) is -0.979. The van der Waals surface area contributed by atoms with Crippen LogP contribution in [-0.4, -0.2) is 23.7 Å². The van der Waals surface area contributed by atoms with E-state index in [9.17, 15) is 14.7 Å². The molecule has 0 radical (unpaired) electrons. The predicted octanol–water partition coefficient (Wildman–Crippen LogP) is -1.22. The quantitative estimate of drug-likeness (QED) is 0.486. The van der Waals surface area contributed by atoms with Gasteiger partial charge in [0.2, 0.25) is 0 Å². The Morgan fingerprint density at radius 1 is 1.50 bits per heavy atom. The molecule has 0 aliphatic rings. The second kappa shape index (κ2) is 4.60. The zero-order valence-electron chi connectivity index (χ0n) is 5.29. The van der Waals surface area contributed by atoms with Gasteiger partial charge in [0.25, 0.3) is 0 Å². The van der Waals surface area contributed by atoms with Crippen LogP contribution in [0.2, 0.25) is 0 Å². The maximum Gasteiger partial charge on any atom is 0.404 e. The summed E-state index contributed by atoms with van der Waals surface area (Å²) in [5.74, 6) is -1.16. The highest BCUT2D eigenvalue weighted by molar-refractivity contribution is 5.65. The summed E-state index contributed by atoms with van der Waals surface area (Å²) < 4.78 is 0. The first kappa shape index (κ1) is 8.74. The third kappa shape index (κ3) is 6.74. The van der Waals surface area contributed by atoms with Gasteiger partial charge in [-0.1, -0.05) is 0 Å². The number of hydrogen-bond acceptors (Lipinski definition) is 3. The molecule has 2 N–H and O–H groups in total. The molecular weight excluding hydrogens is 138 g/mol. The van der Waals surface area contributed by atoms with Crippen LogP contribution >= 0.6 is 0 Å². The molecule has 0 spiro atoms. The lowest BCUT2D eigenvalue weighted by molar-refractivity contribution is -0.305. The Morgan fingerprint density at radius 3 is 2.50 bits per heavy atom. The van der Waals surface area contributed by atoms with E-state index in [2.05, 4.69) is 0 Å². The van der Waals surface area contributed by atoms with Gasteiger partial charge in [0.1, 0.15) is 0 Å². The number of carbonyl (C=O) groups is 2. The third-order valence-electron chi connectivity index (χ3n) is 0.834. The fourth-order valence-electron chi connectivity index (χ4n) is 0.428. The second-order valence-electron chi connectivity index (χ2n) is 1.71. The second-order valence-corrected chi connectivity index (χ2v) is 1.71. The van der Waals surface area contributed by atoms with E-state index in [0.29, 0.717) is 0 Å². The van der Waals surface area contributed by atoms with E-state index in [0.717, 1.165) is 0 Å². The fourth-order valence-corrected chi connectivity index (χ4v) is 0.428. The van der Waals surface area contributed by atoms with Gasteiger partial charge in [0.15, 0.2) is 0 Å². The van der Waals surface area contributed by atoms with Crippen LogP contribution in [0.5, 0.6) is 0 Å². The van der Waals surface area contributed by atoms with Crippen molar-refractivity contribution in [2.45, 2.75) is 12.8 Å². The van der Waals surface area contributed by atoms with E-state index in [4.69, 9.17) is 5.11 Å². The van der Waals surface area contributed by atoms with Gasteiger partial charge in [-0.15, -0.1) is 0 Å². The highest BCUT2D eigenvalue weighted by Crippen LogP contribution is 1.82. The molecule has 0 aromatic rings. The van der Waals surface area contributed by atoms with E-state index >= 15 is 0 Å². The Hall–Kier alpha value is -1.26. The van der Waals surface area contributed by atoms with Crippen LogP contribution in [0.1, 0.15) is 12.8 Å². The number of nitrogens with one attached hydrogen (secondary N) is 1. The molecule has 0 aliphatic carbocycles. The average molecular weight is 146 g/mol. The molecule has 0 aliphatic heterocycles. The third-order valence-corrected chi connectivity index (χ3v) is 0.834. The molecule has 5 heteroatoms. The summed E-state index contributed by atoms with van der Waals surface area (Å²) in [4.78, 5) is 19.5. The van der Waals surface area contributed by atoms with Gasteiger partial charge in [-0.05, 0) is 12.8 Å². The van der Waals surface area contributed by atoms with Crippen LogP contribution < -0.4 is 10.4 Å². The molecule has 0 aromatic carbocycles. The van der Waals surface area contributed by atoms with Crippen LogP contribution in [0.4, 0.5) is 4.79 Å². The van der Waals surface area contributed by atoms with Crippen molar-refractivity contribution in [3.05, 3.63) is 0 Å². The molecule has 5 nitrogen and oxygen atoms in total. The largest absolute Gasteiger partial charge is 0.550 e. The van der Waals surface area contributed by atoms with Crippen molar-refractivity contribution in [2.24, 2.45) is 0 Å². The average Bonchev–Trinajstić information content (AvgIpc) is 1.79. The number of amides is 1. The SMILES string of the molecule is O=C([O-])CCCNC(=O)O. The minimum Gasteiger partial charge on any atom is -0.550 e. The van der Waals surface area contributed by atoms with Crippen molar-refractivity contribution >= 4 is 12.1 Å². The Balaban J connectivity index is 3.06. The summed E-state index contributed by atoms with van der Waals surface area (Å²) in [7, 11) is 0. The fraction of sp³-hybridized carbons (Fsp3) is 0.600. The predicted molar refractivity (Wildman–Crippen MR) is 30.3 cm³/mol. The molecule has 0 saturated heterocycles. The van der Waals surface area contributed by atoms with E-state index in [-0.39, 0.29) is 19.4 Å². The van der Waals surface area contributed by atoms with Crippen LogP contribution in [-0.2, 0) is 4.79 Å². The van der Waals surface area contributed by atoms with Crippen molar-refractivity contribution in [3.63, 3.8) is 0 Å². The van der Waals surface area contributed by atoms with Gasteiger partial charge < -0.3 is 20.3 Å². The van der Waals surface area contributed by atoms with Crippen molar-refractivity contribution in [1.82, 2.24) is 5.32 Å². The van der Waals surface area contributed by atoms with Gasteiger partial charge in [-0.3, -0.25) is 0 Å². The molecule has 0 aromatic heterocycles. The van der Waals surface area contributed by atoms with Crippen LogP contribution in [0.25, 0.3) is 0 Å². The van der Waals surface area contributed by atoms with Crippen molar-refractivity contribution in [1.29, 1.82) is 0 Å². The molecule has 0 saturated carbocycles. The topological polar surface area (TPSA) is 89.5 Å². The minimum absolute atomic E-state index is 0.111. The lowest BCUT2D eigenvalue weighted by Gasteiger charge is -2.00. The highest BCUT2D eigenvalue weighted by Gasteiger charge is 1.92. The maximum atomic E-state index is 9.77. The molecule has 0 unspecified atom stereocenters. The molecule has 0 fully saturated rings. The van der Waals surface area contributed by atoms with Crippen molar-refractivity contribution in [2.75, 3.05) is 6.54 Å². The van der Waals surface area contributed by atoms with E-state index < -0.39 is 12.1 Å². The molecule has 10 heavy (non-hydrogen) atoms. The van der Waals surface area contributed by atoms with Crippen LogP contribution in [0.15, 0.2) is 0 Å². The molecule has 0 atom stereocenters. The normalized spacial score (nSPS) is 8.80. The monoisotopic (exact) mass is 146 g/mol. The molecule has 0 heterocycles. The number of carbonyl (C=O) groups excluding carboxylic acids is 1. The zero-order chi connectivity index (χ0) is 7.98. The summed E-state index contributed by atoms with van der Waals surface area (Å²) in [5, 5.41) is 19.8. The van der Waals surface area contributed by atoms with Gasteiger partial charge in [0, 0.05) is 12.5 Å². The Kier molecular flexibility index (Phi) is 4.02. The molecular formula is C5H8NO4-.